The molecule has 2 aromatic rings. The van der Waals surface area contributed by atoms with Crippen molar-refractivity contribution < 1.29 is 14.5 Å². The lowest BCUT2D eigenvalue weighted by Gasteiger charge is -2.14. The maximum absolute atomic E-state index is 12.5. The lowest BCUT2D eigenvalue weighted by molar-refractivity contribution is -0.893. The molecular weight excluding hydrogens is 396 g/mol. The van der Waals surface area contributed by atoms with Crippen LogP contribution in [0, 0.1) is 11.3 Å². The first-order valence-corrected chi connectivity index (χ1v) is 11.3. The average Bonchev–Trinajstić information content (AvgIpc) is 2.91. The fourth-order valence-corrected chi connectivity index (χ4v) is 5.08. The van der Waals surface area contributed by atoms with Crippen molar-refractivity contribution in [3.05, 3.63) is 51.4 Å². The van der Waals surface area contributed by atoms with Gasteiger partial charge in [-0.05, 0) is 43.4 Å². The molecule has 30 heavy (non-hydrogen) atoms. The third kappa shape index (κ3) is 5.47. The zero-order valence-corrected chi connectivity index (χ0v) is 18.5. The zero-order chi connectivity index (χ0) is 21.5. The number of hydrogen-bond donors (Lipinski definition) is 3. The first-order chi connectivity index (χ1) is 14.5. The molecule has 1 atom stereocenters. The quantitative estimate of drug-likeness (QED) is 0.595. The average molecular weight is 426 g/mol. The third-order valence-electron chi connectivity index (χ3n) is 5.51. The van der Waals surface area contributed by atoms with Gasteiger partial charge < -0.3 is 15.5 Å². The molecule has 3 rings (SSSR count). The Hall–Kier alpha value is -2.69. The molecule has 3 N–H and O–H groups in total. The Labute approximate surface area is 181 Å². The number of carbonyl (C=O) groups is 2. The first-order valence-electron chi connectivity index (χ1n) is 10.5. The zero-order valence-electron chi connectivity index (χ0n) is 17.6. The van der Waals surface area contributed by atoms with Gasteiger partial charge in [-0.3, -0.25) is 9.59 Å². The van der Waals surface area contributed by atoms with E-state index in [1.54, 1.807) is 18.4 Å². The van der Waals surface area contributed by atoms with Gasteiger partial charge in [-0.1, -0.05) is 18.6 Å². The Kier molecular flexibility index (Phi) is 7.61. The van der Waals surface area contributed by atoms with E-state index in [1.165, 1.54) is 16.2 Å². The molecule has 0 radical (unpaired) electrons. The number of nitrogens with one attached hydrogen (secondary N) is 3. The van der Waals surface area contributed by atoms with E-state index >= 15 is 0 Å². The first kappa shape index (κ1) is 22.0. The summed E-state index contributed by atoms with van der Waals surface area (Å²) in [6.07, 6.45) is 5.83. The Morgan fingerprint density at radius 3 is 2.60 bits per heavy atom. The molecule has 0 spiro atoms. The number of hydrogen-bond acceptors (Lipinski definition) is 4. The normalized spacial score (nSPS) is 14.2. The van der Waals surface area contributed by atoms with Crippen molar-refractivity contribution in [1.82, 2.24) is 5.32 Å². The van der Waals surface area contributed by atoms with E-state index in [2.05, 4.69) is 16.7 Å². The van der Waals surface area contributed by atoms with Gasteiger partial charge in [0.05, 0.1) is 25.6 Å². The van der Waals surface area contributed by atoms with Crippen LogP contribution in [0.1, 0.15) is 57.6 Å². The molecule has 1 aromatic carbocycles. The summed E-state index contributed by atoms with van der Waals surface area (Å²) in [6.45, 7) is 1.47. The Morgan fingerprint density at radius 2 is 1.90 bits per heavy atom. The molecule has 0 saturated heterocycles. The highest BCUT2D eigenvalue weighted by Crippen LogP contribution is 2.36. The molecule has 1 unspecified atom stereocenters. The number of carbonyl (C=O) groups excluding carboxylic acids is 2. The summed E-state index contributed by atoms with van der Waals surface area (Å²) in [5.74, 6) is -0.140. The van der Waals surface area contributed by atoms with E-state index in [9.17, 15) is 14.9 Å². The van der Waals surface area contributed by atoms with Crippen LogP contribution in [0.2, 0.25) is 0 Å². The predicted octanol–water partition coefficient (Wildman–Crippen LogP) is 2.29. The monoisotopic (exact) mass is 425 g/mol. The van der Waals surface area contributed by atoms with Crippen molar-refractivity contribution in [2.75, 3.05) is 26.0 Å². The summed E-state index contributed by atoms with van der Waals surface area (Å²) in [6, 6.07) is 9.85. The van der Waals surface area contributed by atoms with Crippen LogP contribution < -0.4 is 15.5 Å². The van der Waals surface area contributed by atoms with Gasteiger partial charge >= 0.3 is 0 Å². The van der Waals surface area contributed by atoms with Gasteiger partial charge in [0.1, 0.15) is 17.6 Å². The molecule has 1 heterocycles. The maximum Gasteiger partial charge on any atom is 0.251 e. The number of fused-ring (bicyclic) bond motifs is 1. The molecule has 7 heteroatoms. The van der Waals surface area contributed by atoms with Crippen LogP contribution in [-0.4, -0.2) is 32.5 Å². The van der Waals surface area contributed by atoms with Crippen molar-refractivity contribution >= 4 is 28.2 Å². The van der Waals surface area contributed by atoms with Crippen molar-refractivity contribution in [2.24, 2.45) is 0 Å². The molecule has 0 aliphatic heterocycles. The Balaban J connectivity index is 1.52. The molecule has 0 saturated carbocycles. The van der Waals surface area contributed by atoms with Gasteiger partial charge in [0.2, 0.25) is 5.91 Å². The fourth-order valence-electron chi connectivity index (χ4n) is 3.82. The summed E-state index contributed by atoms with van der Waals surface area (Å²) in [7, 11) is 3.67. The maximum atomic E-state index is 12.5. The van der Waals surface area contributed by atoms with Crippen LogP contribution in [0.5, 0.6) is 0 Å². The summed E-state index contributed by atoms with van der Waals surface area (Å²) in [5.41, 5.74) is 3.58. The van der Waals surface area contributed by atoms with Gasteiger partial charge in [0, 0.05) is 23.1 Å². The van der Waals surface area contributed by atoms with Crippen molar-refractivity contribution in [1.29, 1.82) is 5.26 Å². The largest absolute Gasteiger partial charge is 0.355 e. The topological polar surface area (TPSA) is 86.4 Å². The summed E-state index contributed by atoms with van der Waals surface area (Å²) >= 11 is 1.58. The van der Waals surface area contributed by atoms with Crippen LogP contribution in [-0.2, 0) is 24.2 Å². The minimum Gasteiger partial charge on any atom is -0.355 e. The van der Waals surface area contributed by atoms with Crippen molar-refractivity contribution in [3.8, 4) is 6.07 Å². The number of nitriles is 1. The molecule has 2 amide bonds. The van der Waals surface area contributed by atoms with E-state index in [1.807, 2.05) is 31.3 Å². The number of amides is 2. The molecular formula is C23H29N4O2S+. The molecule has 0 bridgehead atoms. The van der Waals surface area contributed by atoms with Crippen molar-refractivity contribution in [3.63, 3.8) is 0 Å². The molecule has 6 nitrogen and oxygen atoms in total. The summed E-state index contributed by atoms with van der Waals surface area (Å²) in [4.78, 5) is 26.6. The lowest BCUT2D eigenvalue weighted by Crippen LogP contribution is -3.07. The van der Waals surface area contributed by atoms with E-state index in [0.717, 1.165) is 48.4 Å². The highest BCUT2D eigenvalue weighted by atomic mass is 32.1. The van der Waals surface area contributed by atoms with Crippen LogP contribution in [0.25, 0.3) is 0 Å². The predicted molar refractivity (Wildman–Crippen MR) is 119 cm³/mol. The number of rotatable bonds is 7. The van der Waals surface area contributed by atoms with Crippen molar-refractivity contribution in [2.45, 2.75) is 45.1 Å². The molecule has 1 aliphatic carbocycles. The second-order valence-corrected chi connectivity index (χ2v) is 8.94. The van der Waals surface area contributed by atoms with Crippen LogP contribution >= 0.6 is 11.3 Å². The van der Waals surface area contributed by atoms with Gasteiger partial charge in [-0.2, -0.15) is 5.26 Å². The molecule has 158 valence electrons. The van der Waals surface area contributed by atoms with Crippen LogP contribution in [0.4, 0.5) is 5.00 Å². The van der Waals surface area contributed by atoms with Crippen LogP contribution in [0.3, 0.4) is 0 Å². The smallest absolute Gasteiger partial charge is 0.251 e. The number of nitrogens with zero attached hydrogens (tertiary/aromatic N) is 1. The van der Waals surface area contributed by atoms with Gasteiger partial charge in [0.15, 0.2) is 0 Å². The number of thiophene rings is 1. The summed E-state index contributed by atoms with van der Waals surface area (Å²) in [5, 5.41) is 15.9. The molecule has 1 aromatic heterocycles. The summed E-state index contributed by atoms with van der Waals surface area (Å²) < 4.78 is 0. The van der Waals surface area contributed by atoms with Crippen LogP contribution in [0.15, 0.2) is 24.3 Å². The Morgan fingerprint density at radius 1 is 1.17 bits per heavy atom. The lowest BCUT2D eigenvalue weighted by atomic mass is 10.1. The van der Waals surface area contributed by atoms with E-state index < -0.39 is 0 Å². The third-order valence-corrected chi connectivity index (χ3v) is 6.72. The number of quaternary nitrogens is 1. The molecule has 1 aliphatic rings. The second-order valence-electron chi connectivity index (χ2n) is 7.84. The number of anilines is 1. The fraction of sp³-hybridized carbons (Fsp3) is 0.435. The van der Waals surface area contributed by atoms with E-state index in [-0.39, 0.29) is 11.8 Å². The second kappa shape index (κ2) is 10.4. The standard InChI is InChI=1S/C23H28N4O2S/c1-25-22(29)17-10-8-16(9-11-17)15-27(2)13-12-21(28)26-23-19(14-24)18-6-4-3-5-7-20(18)30-23/h8-11H,3-7,12-13,15H2,1-2H3,(H,25,29)(H,26,28)/p+1. The Bertz CT molecular complexity index is 943. The highest BCUT2D eigenvalue weighted by Gasteiger charge is 2.21. The molecule has 0 fully saturated rings. The minimum absolute atomic E-state index is 0.0442. The number of benzene rings is 1. The highest BCUT2D eigenvalue weighted by molar-refractivity contribution is 7.16. The van der Waals surface area contributed by atoms with E-state index in [0.29, 0.717) is 24.1 Å². The number of aryl methyl sites for hydroxylation is 1. The van der Waals surface area contributed by atoms with Gasteiger partial charge in [-0.15, -0.1) is 11.3 Å². The minimum atomic E-state index is -0.0958. The van der Waals surface area contributed by atoms with E-state index in [4.69, 9.17) is 0 Å². The SMILES string of the molecule is CNC(=O)c1ccc(C[NH+](C)CCC(=O)Nc2sc3c(c2C#N)CCCCC3)cc1. The van der Waals surface area contributed by atoms with Gasteiger partial charge in [-0.25, -0.2) is 0 Å². The van der Waals surface area contributed by atoms with Gasteiger partial charge in [0.25, 0.3) is 5.91 Å².